The summed E-state index contributed by atoms with van der Waals surface area (Å²) < 4.78 is 38.1. The van der Waals surface area contributed by atoms with Crippen LogP contribution in [0.15, 0.2) is 48.7 Å². The number of alkyl halides is 3. The van der Waals surface area contributed by atoms with Crippen molar-refractivity contribution in [3.05, 3.63) is 65.5 Å². The van der Waals surface area contributed by atoms with Gasteiger partial charge in [0.1, 0.15) is 0 Å². The number of benzene rings is 1. The summed E-state index contributed by atoms with van der Waals surface area (Å²) in [6.07, 6.45) is -2.60. The number of halogens is 3. The Hall–Kier alpha value is -2.61. The summed E-state index contributed by atoms with van der Waals surface area (Å²) in [6.45, 7) is 3.76. The molecule has 1 aromatic heterocycles. The molecule has 2 aliphatic heterocycles. The molecule has 2 amide bonds. The Bertz CT molecular complexity index is 826. The molecule has 3 heterocycles. The van der Waals surface area contributed by atoms with Gasteiger partial charge in [-0.3, -0.25) is 9.88 Å². The maximum Gasteiger partial charge on any atom is 0.416 e. The van der Waals surface area contributed by atoms with Gasteiger partial charge in [0.15, 0.2) is 0 Å². The van der Waals surface area contributed by atoms with E-state index >= 15 is 0 Å². The number of hydrogen-bond acceptors (Lipinski definition) is 3. The number of fused-ring (bicyclic) bond motifs is 1. The van der Waals surface area contributed by atoms with Crippen molar-refractivity contribution in [1.82, 2.24) is 19.7 Å². The number of amides is 2. The maximum absolute atomic E-state index is 12.7. The van der Waals surface area contributed by atoms with Crippen LogP contribution >= 0.6 is 0 Å². The molecule has 0 spiro atoms. The molecule has 5 nitrogen and oxygen atoms in total. The molecule has 0 N–H and O–H groups in total. The molecule has 0 bridgehead atoms. The number of pyridine rings is 1. The molecule has 0 radical (unpaired) electrons. The van der Waals surface area contributed by atoms with Gasteiger partial charge in [-0.2, -0.15) is 13.2 Å². The van der Waals surface area contributed by atoms with Crippen molar-refractivity contribution < 1.29 is 18.0 Å². The predicted octanol–water partition coefficient (Wildman–Crippen LogP) is 3.22. The normalized spacial score (nSPS) is 20.5. The summed E-state index contributed by atoms with van der Waals surface area (Å²) in [5.74, 6) is 0. The van der Waals surface area contributed by atoms with Gasteiger partial charge in [-0.1, -0.05) is 18.2 Å². The molecular formula is C20H21F3N4O. The minimum absolute atomic E-state index is 0.0323. The Morgan fingerprint density at radius 3 is 2.46 bits per heavy atom. The first kappa shape index (κ1) is 18.7. The summed E-state index contributed by atoms with van der Waals surface area (Å²) in [4.78, 5) is 22.8. The average Bonchev–Trinajstić information content (AvgIpc) is 2.97. The smallest absolute Gasteiger partial charge is 0.317 e. The summed E-state index contributed by atoms with van der Waals surface area (Å²) >= 11 is 0. The van der Waals surface area contributed by atoms with Gasteiger partial charge >= 0.3 is 12.2 Å². The highest BCUT2D eigenvalue weighted by molar-refractivity contribution is 5.77. The number of nitrogens with zero attached hydrogens (tertiary/aromatic N) is 4. The van der Waals surface area contributed by atoms with Crippen LogP contribution in [0, 0.1) is 0 Å². The highest BCUT2D eigenvalue weighted by atomic mass is 19.4. The van der Waals surface area contributed by atoms with Crippen LogP contribution in [0.3, 0.4) is 0 Å². The van der Waals surface area contributed by atoms with Crippen LogP contribution in [0.4, 0.5) is 18.0 Å². The molecule has 2 aliphatic rings. The van der Waals surface area contributed by atoms with E-state index in [0.29, 0.717) is 39.3 Å². The molecule has 2 aromatic rings. The number of aromatic nitrogens is 1. The van der Waals surface area contributed by atoms with E-state index in [1.165, 1.54) is 12.1 Å². The van der Waals surface area contributed by atoms with E-state index in [-0.39, 0.29) is 12.1 Å². The van der Waals surface area contributed by atoms with Gasteiger partial charge in [-0.05, 0) is 29.8 Å². The van der Waals surface area contributed by atoms with Crippen LogP contribution in [0.25, 0.3) is 0 Å². The van der Waals surface area contributed by atoms with Crippen molar-refractivity contribution in [2.45, 2.75) is 25.3 Å². The molecular weight excluding hydrogens is 369 g/mol. The van der Waals surface area contributed by atoms with E-state index in [1.807, 2.05) is 28.0 Å². The van der Waals surface area contributed by atoms with Crippen LogP contribution in [0.5, 0.6) is 0 Å². The Labute approximate surface area is 161 Å². The number of carbonyl (C=O) groups excluding carboxylic acids is 1. The van der Waals surface area contributed by atoms with Gasteiger partial charge in [-0.25, -0.2) is 4.79 Å². The highest BCUT2D eigenvalue weighted by Crippen LogP contribution is 2.29. The quantitative estimate of drug-likeness (QED) is 0.805. The molecule has 1 unspecified atom stereocenters. The first-order valence-corrected chi connectivity index (χ1v) is 9.24. The Morgan fingerprint density at radius 2 is 1.79 bits per heavy atom. The van der Waals surface area contributed by atoms with Gasteiger partial charge in [0, 0.05) is 38.9 Å². The minimum Gasteiger partial charge on any atom is -0.317 e. The van der Waals surface area contributed by atoms with Crippen molar-refractivity contribution in [2.24, 2.45) is 0 Å². The van der Waals surface area contributed by atoms with E-state index in [2.05, 4.69) is 9.88 Å². The van der Waals surface area contributed by atoms with E-state index in [1.54, 1.807) is 6.20 Å². The number of piperazine rings is 1. The summed E-state index contributed by atoms with van der Waals surface area (Å²) in [5, 5.41) is 0. The van der Waals surface area contributed by atoms with Crippen LogP contribution < -0.4 is 0 Å². The fourth-order valence-electron chi connectivity index (χ4n) is 3.86. The lowest BCUT2D eigenvalue weighted by molar-refractivity contribution is -0.137. The largest absolute Gasteiger partial charge is 0.416 e. The predicted molar refractivity (Wildman–Crippen MR) is 97.3 cm³/mol. The lowest BCUT2D eigenvalue weighted by atomic mass is 10.1. The third kappa shape index (κ3) is 3.96. The fourth-order valence-corrected chi connectivity index (χ4v) is 3.86. The molecule has 0 saturated carbocycles. The first-order valence-electron chi connectivity index (χ1n) is 9.24. The SMILES string of the molecule is O=C1N(Cc2ccccn2)CC2CN(Cc3ccc(C(F)(F)F)cc3)CCN12. The molecule has 2 saturated heterocycles. The van der Waals surface area contributed by atoms with E-state index in [0.717, 1.165) is 23.4 Å². The van der Waals surface area contributed by atoms with Gasteiger partial charge in [-0.15, -0.1) is 0 Å². The highest BCUT2D eigenvalue weighted by Gasteiger charge is 2.40. The van der Waals surface area contributed by atoms with Crippen LogP contribution in [0.2, 0.25) is 0 Å². The van der Waals surface area contributed by atoms with Gasteiger partial charge in [0.05, 0.1) is 23.8 Å². The molecule has 8 heteroatoms. The number of carbonyl (C=O) groups is 1. The lowest BCUT2D eigenvalue weighted by Crippen LogP contribution is -2.51. The molecule has 4 rings (SSSR count). The third-order valence-corrected chi connectivity index (χ3v) is 5.28. The van der Waals surface area contributed by atoms with E-state index in [4.69, 9.17) is 0 Å². The van der Waals surface area contributed by atoms with Crippen LogP contribution in [0.1, 0.15) is 16.8 Å². The summed E-state index contributed by atoms with van der Waals surface area (Å²) in [7, 11) is 0. The van der Waals surface area contributed by atoms with Crippen molar-refractivity contribution in [1.29, 1.82) is 0 Å². The Balaban J connectivity index is 1.36. The van der Waals surface area contributed by atoms with Gasteiger partial charge in [0.2, 0.25) is 0 Å². The van der Waals surface area contributed by atoms with Crippen molar-refractivity contribution in [3.63, 3.8) is 0 Å². The van der Waals surface area contributed by atoms with Crippen LogP contribution in [-0.2, 0) is 19.3 Å². The zero-order chi connectivity index (χ0) is 19.7. The topological polar surface area (TPSA) is 39.7 Å². The molecule has 1 atom stereocenters. The average molecular weight is 390 g/mol. The van der Waals surface area contributed by atoms with Crippen molar-refractivity contribution in [3.8, 4) is 0 Å². The van der Waals surface area contributed by atoms with E-state index in [9.17, 15) is 18.0 Å². The second kappa shape index (κ2) is 7.43. The number of rotatable bonds is 4. The Kier molecular flexibility index (Phi) is 4.97. The van der Waals surface area contributed by atoms with Crippen molar-refractivity contribution >= 4 is 6.03 Å². The molecule has 148 valence electrons. The lowest BCUT2D eigenvalue weighted by Gasteiger charge is -2.36. The third-order valence-electron chi connectivity index (χ3n) is 5.28. The standard InChI is InChI=1S/C20H21F3N4O/c21-20(22,23)16-6-4-15(5-7-16)11-25-9-10-27-18(13-25)14-26(19(27)28)12-17-3-1-2-8-24-17/h1-8,18H,9-14H2. The van der Waals surface area contributed by atoms with Crippen molar-refractivity contribution in [2.75, 3.05) is 26.2 Å². The zero-order valence-corrected chi connectivity index (χ0v) is 15.3. The fraction of sp³-hybridized carbons (Fsp3) is 0.400. The first-order chi connectivity index (χ1) is 13.4. The second-order valence-electron chi connectivity index (χ2n) is 7.26. The van der Waals surface area contributed by atoms with Gasteiger partial charge in [0.25, 0.3) is 0 Å². The molecule has 0 aliphatic carbocycles. The molecule has 1 aromatic carbocycles. The van der Waals surface area contributed by atoms with Gasteiger partial charge < -0.3 is 9.80 Å². The molecule has 2 fully saturated rings. The monoisotopic (exact) mass is 390 g/mol. The zero-order valence-electron chi connectivity index (χ0n) is 15.3. The summed E-state index contributed by atoms with van der Waals surface area (Å²) in [6, 6.07) is 11.1. The minimum atomic E-state index is -4.31. The maximum atomic E-state index is 12.7. The van der Waals surface area contributed by atoms with E-state index < -0.39 is 11.7 Å². The van der Waals surface area contributed by atoms with Crippen LogP contribution in [-0.4, -0.2) is 57.9 Å². The second-order valence-corrected chi connectivity index (χ2v) is 7.26. The molecule has 28 heavy (non-hydrogen) atoms. The number of urea groups is 1. The summed E-state index contributed by atoms with van der Waals surface area (Å²) in [5.41, 5.74) is 1.07. The number of hydrogen-bond donors (Lipinski definition) is 0. The Morgan fingerprint density at radius 1 is 1.00 bits per heavy atom.